The number of hydrogen-bond acceptors (Lipinski definition) is 3. The summed E-state index contributed by atoms with van der Waals surface area (Å²) in [5, 5.41) is 5.72. The zero-order chi connectivity index (χ0) is 11.8. The number of nitrogens with one attached hydrogen (secondary N) is 1. The van der Waals surface area contributed by atoms with Crippen LogP contribution in [0.25, 0.3) is 0 Å². The molecule has 1 aliphatic rings. The molecule has 1 atom stereocenters. The zero-order valence-electron chi connectivity index (χ0n) is 10.1. The van der Waals surface area contributed by atoms with Crippen LogP contribution in [0.15, 0.2) is 15.9 Å². The molecule has 1 unspecified atom stereocenters. The third kappa shape index (κ3) is 3.06. The van der Waals surface area contributed by atoms with Crippen molar-refractivity contribution >= 4 is 27.3 Å². The summed E-state index contributed by atoms with van der Waals surface area (Å²) in [7, 11) is 2.22. The lowest BCUT2D eigenvalue weighted by Gasteiger charge is -2.24. The minimum atomic E-state index is 0.301. The fourth-order valence-electron chi connectivity index (χ4n) is 2.25. The maximum absolute atomic E-state index is 3.57. The number of thiophene rings is 1. The van der Waals surface area contributed by atoms with E-state index in [0.29, 0.717) is 11.6 Å². The lowest BCUT2D eigenvalue weighted by atomic mass is 10.0. The number of nitrogens with zero attached hydrogens (tertiary/aromatic N) is 1. The minimum Gasteiger partial charge on any atom is -0.310 e. The van der Waals surface area contributed by atoms with Crippen LogP contribution < -0.4 is 5.32 Å². The Morgan fingerprint density at radius 1 is 1.62 bits per heavy atom. The van der Waals surface area contributed by atoms with E-state index in [0.717, 1.165) is 13.1 Å². The molecule has 0 bridgehead atoms. The lowest BCUT2D eigenvalue weighted by molar-refractivity contribution is 0.242. The van der Waals surface area contributed by atoms with E-state index in [2.05, 4.69) is 58.5 Å². The van der Waals surface area contributed by atoms with Crippen LogP contribution in [0, 0.1) is 0 Å². The van der Waals surface area contributed by atoms with Gasteiger partial charge in [0.25, 0.3) is 0 Å². The van der Waals surface area contributed by atoms with Gasteiger partial charge < -0.3 is 5.32 Å². The highest BCUT2D eigenvalue weighted by Gasteiger charge is 2.32. The Bertz CT molecular complexity index is 362. The van der Waals surface area contributed by atoms with Gasteiger partial charge in [-0.1, -0.05) is 0 Å². The monoisotopic (exact) mass is 302 g/mol. The van der Waals surface area contributed by atoms with Crippen molar-refractivity contribution in [2.75, 3.05) is 13.6 Å². The highest BCUT2D eigenvalue weighted by Crippen LogP contribution is 2.25. The Labute approximate surface area is 110 Å². The minimum absolute atomic E-state index is 0.301. The first kappa shape index (κ1) is 12.6. The Kier molecular flexibility index (Phi) is 3.74. The van der Waals surface area contributed by atoms with Gasteiger partial charge in [-0.2, -0.15) is 0 Å². The molecular weight excluding hydrogens is 284 g/mol. The molecule has 0 spiro atoms. The predicted octanol–water partition coefficient (Wildman–Crippen LogP) is 3.08. The average molecular weight is 303 g/mol. The van der Waals surface area contributed by atoms with Crippen molar-refractivity contribution in [2.24, 2.45) is 0 Å². The second-order valence-corrected chi connectivity index (χ2v) is 7.18. The molecule has 2 heterocycles. The second kappa shape index (κ2) is 4.77. The average Bonchev–Trinajstić information content (AvgIpc) is 2.72. The maximum atomic E-state index is 3.57. The molecule has 0 aliphatic carbocycles. The molecule has 1 aromatic rings. The molecule has 2 nitrogen and oxygen atoms in total. The first-order valence-electron chi connectivity index (χ1n) is 5.64. The van der Waals surface area contributed by atoms with Gasteiger partial charge in [0.1, 0.15) is 0 Å². The van der Waals surface area contributed by atoms with Gasteiger partial charge in [0, 0.05) is 39.4 Å². The summed E-state index contributed by atoms with van der Waals surface area (Å²) in [6.45, 7) is 6.72. The SMILES string of the molecule is CN(Cc1cc(Br)cs1)C1CNC(C)(C)C1. The summed E-state index contributed by atoms with van der Waals surface area (Å²) < 4.78 is 1.20. The molecular formula is C12H19BrN2S. The molecule has 1 saturated heterocycles. The molecule has 0 saturated carbocycles. The van der Waals surface area contributed by atoms with Crippen molar-refractivity contribution in [1.29, 1.82) is 0 Å². The standard InChI is InChI=1S/C12H19BrN2S/c1-12(2)5-10(6-14-12)15(3)7-11-4-9(13)8-16-11/h4,8,10,14H,5-7H2,1-3H3. The van der Waals surface area contributed by atoms with Gasteiger partial charge in [0.2, 0.25) is 0 Å². The highest BCUT2D eigenvalue weighted by molar-refractivity contribution is 9.10. The van der Waals surface area contributed by atoms with E-state index in [-0.39, 0.29) is 0 Å². The lowest BCUT2D eigenvalue weighted by Crippen LogP contribution is -2.32. The number of hydrogen-bond donors (Lipinski definition) is 1. The van der Waals surface area contributed by atoms with Gasteiger partial charge in [0.05, 0.1) is 0 Å². The van der Waals surface area contributed by atoms with E-state index in [1.54, 1.807) is 0 Å². The van der Waals surface area contributed by atoms with Crippen molar-refractivity contribution in [1.82, 2.24) is 10.2 Å². The van der Waals surface area contributed by atoms with E-state index in [4.69, 9.17) is 0 Å². The third-order valence-corrected chi connectivity index (χ3v) is 4.89. The molecule has 16 heavy (non-hydrogen) atoms. The van der Waals surface area contributed by atoms with Crippen molar-refractivity contribution in [3.8, 4) is 0 Å². The van der Waals surface area contributed by atoms with Gasteiger partial charge >= 0.3 is 0 Å². The second-order valence-electron chi connectivity index (χ2n) is 5.27. The Morgan fingerprint density at radius 3 is 2.88 bits per heavy atom. The van der Waals surface area contributed by atoms with Crippen LogP contribution in [0.2, 0.25) is 0 Å². The van der Waals surface area contributed by atoms with E-state index in [9.17, 15) is 0 Å². The van der Waals surface area contributed by atoms with Crippen molar-refractivity contribution < 1.29 is 0 Å². The Balaban J connectivity index is 1.91. The van der Waals surface area contributed by atoms with E-state index in [1.807, 2.05) is 11.3 Å². The largest absolute Gasteiger partial charge is 0.310 e. The van der Waals surface area contributed by atoms with Crippen LogP contribution in [-0.2, 0) is 6.54 Å². The van der Waals surface area contributed by atoms with Gasteiger partial charge in [-0.05, 0) is 49.3 Å². The summed E-state index contributed by atoms with van der Waals surface area (Å²) in [6.07, 6.45) is 1.23. The molecule has 1 aliphatic heterocycles. The number of rotatable bonds is 3. The maximum Gasteiger partial charge on any atom is 0.0328 e. The number of halogens is 1. The quantitative estimate of drug-likeness (QED) is 0.923. The topological polar surface area (TPSA) is 15.3 Å². The molecule has 1 N–H and O–H groups in total. The normalized spacial score (nSPS) is 24.2. The van der Waals surface area contributed by atoms with Crippen LogP contribution in [-0.4, -0.2) is 30.1 Å². The number of likely N-dealkylation sites (N-methyl/N-ethyl adjacent to an activating group) is 1. The van der Waals surface area contributed by atoms with Gasteiger partial charge in [-0.15, -0.1) is 11.3 Å². The first-order chi connectivity index (χ1) is 7.46. The first-order valence-corrected chi connectivity index (χ1v) is 7.32. The third-order valence-electron chi connectivity index (χ3n) is 3.21. The summed E-state index contributed by atoms with van der Waals surface area (Å²) in [6, 6.07) is 2.88. The van der Waals surface area contributed by atoms with Crippen LogP contribution >= 0.6 is 27.3 Å². The zero-order valence-corrected chi connectivity index (χ0v) is 12.5. The van der Waals surface area contributed by atoms with Crippen molar-refractivity contribution in [2.45, 2.75) is 38.4 Å². The fraction of sp³-hybridized carbons (Fsp3) is 0.667. The van der Waals surface area contributed by atoms with Gasteiger partial charge in [0.15, 0.2) is 0 Å². The Morgan fingerprint density at radius 2 is 2.38 bits per heavy atom. The smallest absolute Gasteiger partial charge is 0.0328 e. The van der Waals surface area contributed by atoms with Gasteiger partial charge in [-0.25, -0.2) is 0 Å². The summed E-state index contributed by atoms with van der Waals surface area (Å²) >= 11 is 5.33. The molecule has 0 aromatic carbocycles. The molecule has 0 radical (unpaired) electrons. The molecule has 4 heteroatoms. The molecule has 90 valence electrons. The van der Waals surface area contributed by atoms with E-state index < -0.39 is 0 Å². The van der Waals surface area contributed by atoms with E-state index >= 15 is 0 Å². The molecule has 2 rings (SSSR count). The van der Waals surface area contributed by atoms with Crippen molar-refractivity contribution in [3.63, 3.8) is 0 Å². The van der Waals surface area contributed by atoms with Crippen LogP contribution in [0.3, 0.4) is 0 Å². The summed E-state index contributed by atoms with van der Waals surface area (Å²) in [4.78, 5) is 3.89. The molecule has 1 aromatic heterocycles. The van der Waals surface area contributed by atoms with E-state index in [1.165, 1.54) is 15.8 Å². The van der Waals surface area contributed by atoms with Gasteiger partial charge in [-0.3, -0.25) is 4.90 Å². The van der Waals surface area contributed by atoms with Crippen LogP contribution in [0.1, 0.15) is 25.1 Å². The van der Waals surface area contributed by atoms with Crippen LogP contribution in [0.4, 0.5) is 0 Å². The highest BCUT2D eigenvalue weighted by atomic mass is 79.9. The summed E-state index contributed by atoms with van der Waals surface area (Å²) in [5.74, 6) is 0. The predicted molar refractivity (Wildman–Crippen MR) is 74.0 cm³/mol. The fourth-order valence-corrected chi connectivity index (χ4v) is 3.76. The molecule has 1 fully saturated rings. The summed E-state index contributed by atoms with van der Waals surface area (Å²) in [5.41, 5.74) is 0.301. The molecule has 0 amide bonds. The van der Waals surface area contributed by atoms with Crippen LogP contribution in [0.5, 0.6) is 0 Å². The Hall–Kier alpha value is 0.1000. The van der Waals surface area contributed by atoms with Crippen molar-refractivity contribution in [3.05, 3.63) is 20.8 Å².